The first-order valence-electron chi connectivity index (χ1n) is 20.1. The van der Waals surface area contributed by atoms with Crippen molar-refractivity contribution in [1.29, 1.82) is 0 Å². The van der Waals surface area contributed by atoms with Crippen molar-refractivity contribution in [2.24, 2.45) is 5.11 Å². The lowest BCUT2D eigenvalue weighted by molar-refractivity contribution is -0.150. The minimum atomic E-state index is -4.91. The molecule has 0 amide bonds. The summed E-state index contributed by atoms with van der Waals surface area (Å²) in [6.07, 6.45) is -3.74. The molecular weight excluding hydrogens is 957 g/mol. The molecule has 28 heteroatoms. The number of anilines is 1. The third-order valence-electron chi connectivity index (χ3n) is 8.96. The largest absolute Gasteiger partial charge is 0.513 e. The van der Waals surface area contributed by atoms with Gasteiger partial charge in [0.1, 0.15) is 41.0 Å². The topological polar surface area (TPSA) is 287 Å². The number of nitrogen functional groups attached to an aromatic ring is 1. The Labute approximate surface area is 384 Å². The Balaban J connectivity index is 0.000000305. The van der Waals surface area contributed by atoms with Crippen molar-refractivity contribution in [3.63, 3.8) is 0 Å². The van der Waals surface area contributed by atoms with Crippen LogP contribution in [0.4, 0.5) is 27.8 Å². The van der Waals surface area contributed by atoms with Gasteiger partial charge in [0, 0.05) is 11.1 Å². The van der Waals surface area contributed by atoms with E-state index in [0.717, 1.165) is 4.57 Å². The Kier molecular flexibility index (Phi) is 18.7. The number of para-hydroxylation sites is 2. The van der Waals surface area contributed by atoms with Crippen molar-refractivity contribution in [2.75, 3.05) is 12.3 Å². The minimum Gasteiger partial charge on any atom is -0.462 e. The van der Waals surface area contributed by atoms with Crippen LogP contribution < -0.4 is 35.2 Å². The Morgan fingerprint density at radius 1 is 0.824 bits per heavy atom. The van der Waals surface area contributed by atoms with Gasteiger partial charge in [-0.25, -0.2) is 27.1 Å². The molecule has 5 N–H and O–H groups in total. The first-order chi connectivity index (χ1) is 31.8. The molecule has 5 rings (SSSR count). The molecule has 1 fully saturated rings. The van der Waals surface area contributed by atoms with Crippen molar-refractivity contribution in [1.82, 2.24) is 19.7 Å². The molecule has 0 spiro atoms. The van der Waals surface area contributed by atoms with Gasteiger partial charge in [-0.3, -0.25) is 18.7 Å². The summed E-state index contributed by atoms with van der Waals surface area (Å²) in [6, 6.07) is 14.0. The number of halogens is 5. The highest BCUT2D eigenvalue weighted by molar-refractivity contribution is 7.52. The number of azide groups is 1. The van der Waals surface area contributed by atoms with Crippen LogP contribution in [0.25, 0.3) is 10.4 Å². The third-order valence-corrected chi connectivity index (χ3v) is 12.2. The molecule has 0 bridgehead atoms. The molecule has 1 aliphatic rings. The lowest BCUT2D eigenvalue weighted by atomic mass is 9.93. The molecule has 2 heterocycles. The van der Waals surface area contributed by atoms with E-state index in [1.165, 1.54) is 83.3 Å². The maximum Gasteiger partial charge on any atom is 0.513 e. The quantitative estimate of drug-likeness (QED) is 0.0106. The minimum absolute atomic E-state index is 0.0367. The molecular formula is C40H47F5N8O13P2. The van der Waals surface area contributed by atoms with Crippen molar-refractivity contribution in [2.45, 2.75) is 96.7 Å². The molecule has 0 saturated carbocycles. The monoisotopic (exact) mass is 1000 g/mol. The number of nitrogens with two attached hydrogens (primary N) is 1. The van der Waals surface area contributed by atoms with Gasteiger partial charge >= 0.3 is 33.1 Å². The molecule has 8 atom stereocenters. The van der Waals surface area contributed by atoms with E-state index in [-0.39, 0.29) is 17.3 Å². The fraction of sp³-hybridized carbons (Fsp3) is 0.400. The zero-order valence-corrected chi connectivity index (χ0v) is 38.9. The van der Waals surface area contributed by atoms with Gasteiger partial charge in [-0.1, -0.05) is 41.5 Å². The SMILES string of the molecule is CC(C)OC(=O)[C@H](C)NP(=O)(OC[C@H]1O[C@@H](n2ccc(N)nc2=O)[C@](C)(N=[N+]=[N-])[C@@H]1O)Oc1ccccc1.CC(C)OC(=O)[C@H](C)NP(=O)(Oc1ccccc1)Oc1c(F)c(F)c(F)c(F)c1F. The molecule has 4 aromatic rings. The van der Waals surface area contributed by atoms with Crippen LogP contribution in [-0.2, 0) is 37.5 Å². The lowest BCUT2D eigenvalue weighted by Crippen LogP contribution is -2.45. The van der Waals surface area contributed by atoms with Crippen LogP contribution in [0.2, 0.25) is 0 Å². The molecule has 1 aliphatic heterocycles. The van der Waals surface area contributed by atoms with Crippen LogP contribution in [0.1, 0.15) is 54.7 Å². The standard InChI is InChI=1S/C22H30N7O8P.C18H17F5NO5P/c1-13(2)35-19(31)14(3)26-38(33,37-15-8-6-5-7-9-15)34-12-16-18(30)22(4,27-28-24)20(36-16)29-11-10-17(23)25-21(29)32;1-9(2)27-18(25)10(3)24-30(26,28-11-7-5-4-6-8-11)29-17-15(22)13(20)12(19)14(21)16(17)23/h5-11,13-14,16,18,20,30H,12H2,1-4H3,(H,26,33)(H2,23,25,32);4-10H,1-3H3,(H,24,26)/t14-,16+,18+,20+,22+,38?;10-,30?/m00/s1. The molecule has 1 saturated heterocycles. The van der Waals surface area contributed by atoms with Crippen LogP contribution in [0.15, 0.2) is 82.8 Å². The van der Waals surface area contributed by atoms with Gasteiger partial charge in [0.2, 0.25) is 34.8 Å². The van der Waals surface area contributed by atoms with E-state index in [9.17, 15) is 50.6 Å². The van der Waals surface area contributed by atoms with Crippen LogP contribution in [0, 0.1) is 29.1 Å². The van der Waals surface area contributed by atoms with Crippen molar-refractivity contribution in [3.8, 4) is 17.2 Å². The van der Waals surface area contributed by atoms with E-state index < -0.39 is 123 Å². The number of benzene rings is 3. The Bertz CT molecular complexity index is 2590. The van der Waals surface area contributed by atoms with E-state index in [2.05, 4.69) is 29.7 Å². The van der Waals surface area contributed by atoms with Gasteiger partial charge in [-0.05, 0) is 84.3 Å². The number of hydrogen-bond donors (Lipinski definition) is 4. The molecule has 1 aromatic heterocycles. The predicted octanol–water partition coefficient (Wildman–Crippen LogP) is 7.16. The summed E-state index contributed by atoms with van der Waals surface area (Å²) in [7, 11) is -9.19. The Morgan fingerprint density at radius 3 is 1.74 bits per heavy atom. The molecule has 68 heavy (non-hydrogen) atoms. The fourth-order valence-corrected chi connectivity index (χ4v) is 8.82. The number of hydrogen-bond acceptors (Lipinski definition) is 16. The zero-order chi connectivity index (χ0) is 50.7. The van der Waals surface area contributed by atoms with Crippen molar-refractivity contribution < 1.29 is 78.1 Å². The van der Waals surface area contributed by atoms with E-state index >= 15 is 0 Å². The van der Waals surface area contributed by atoms with E-state index in [0.29, 0.717) is 0 Å². The predicted molar refractivity (Wildman–Crippen MR) is 230 cm³/mol. The van der Waals surface area contributed by atoms with Crippen molar-refractivity contribution in [3.05, 3.63) is 123 Å². The molecule has 0 radical (unpaired) electrons. The van der Waals surface area contributed by atoms with E-state index in [1.54, 1.807) is 38.1 Å². The summed E-state index contributed by atoms with van der Waals surface area (Å²) < 4.78 is 133. The summed E-state index contributed by atoms with van der Waals surface area (Å²) in [6.45, 7) is 9.84. The number of esters is 2. The number of carbonyl (C=O) groups is 2. The van der Waals surface area contributed by atoms with Crippen molar-refractivity contribution >= 4 is 33.2 Å². The highest BCUT2D eigenvalue weighted by Crippen LogP contribution is 2.49. The van der Waals surface area contributed by atoms with E-state index in [4.69, 9.17) is 39.0 Å². The van der Waals surface area contributed by atoms with Gasteiger partial charge in [-0.2, -0.15) is 23.9 Å². The van der Waals surface area contributed by atoms with Gasteiger partial charge in [0.05, 0.1) is 24.9 Å². The fourth-order valence-electron chi connectivity index (χ4n) is 5.79. The van der Waals surface area contributed by atoms with Gasteiger partial charge < -0.3 is 38.6 Å². The average molecular weight is 1000 g/mol. The molecule has 3 aromatic carbocycles. The second-order valence-electron chi connectivity index (χ2n) is 15.2. The van der Waals surface area contributed by atoms with Gasteiger partial charge in [0.15, 0.2) is 6.23 Å². The van der Waals surface area contributed by atoms with Gasteiger partial charge in [0.25, 0.3) is 0 Å². The number of nitrogens with zero attached hydrogens (tertiary/aromatic N) is 5. The van der Waals surface area contributed by atoms with Crippen LogP contribution in [0.5, 0.6) is 17.2 Å². The molecule has 370 valence electrons. The highest BCUT2D eigenvalue weighted by atomic mass is 31.2. The second-order valence-corrected chi connectivity index (χ2v) is 18.5. The molecule has 21 nitrogen and oxygen atoms in total. The molecule has 0 aliphatic carbocycles. The normalized spacial score (nSPS) is 20.4. The number of aromatic nitrogens is 2. The summed E-state index contributed by atoms with van der Waals surface area (Å²) >= 11 is 0. The average Bonchev–Trinajstić information content (AvgIpc) is 3.51. The first kappa shape index (κ1) is 54.5. The maximum absolute atomic E-state index is 14.0. The van der Waals surface area contributed by atoms with Gasteiger partial charge in [-0.15, -0.1) is 0 Å². The number of nitrogens with one attached hydrogen (secondary N) is 2. The third kappa shape index (κ3) is 14.0. The number of ether oxygens (including phenoxy) is 3. The summed E-state index contributed by atoms with van der Waals surface area (Å²) in [5.74, 6) is -15.2. The molecule has 2 unspecified atom stereocenters. The number of carbonyl (C=O) groups excluding carboxylic acids is 2. The highest BCUT2D eigenvalue weighted by Gasteiger charge is 2.55. The van der Waals surface area contributed by atoms with E-state index in [1.807, 2.05) is 0 Å². The number of aliphatic hydroxyl groups excluding tert-OH is 1. The number of aliphatic hydroxyl groups is 1. The zero-order valence-electron chi connectivity index (χ0n) is 37.1. The Hall–Kier alpha value is -6.10. The first-order valence-corrected chi connectivity index (χ1v) is 23.2. The summed E-state index contributed by atoms with van der Waals surface area (Å²) in [4.78, 5) is 43.2. The second kappa shape index (κ2) is 23.3. The van der Waals surface area contributed by atoms with Crippen LogP contribution in [0.3, 0.4) is 0 Å². The summed E-state index contributed by atoms with van der Waals surface area (Å²) in [5.41, 5.74) is 12.2. The smallest absolute Gasteiger partial charge is 0.462 e. The lowest BCUT2D eigenvalue weighted by Gasteiger charge is -2.28. The maximum atomic E-state index is 14.0. The van der Waals surface area contributed by atoms with Crippen LogP contribution >= 0.6 is 15.5 Å². The number of rotatable bonds is 19. The van der Waals surface area contributed by atoms with Crippen LogP contribution in [-0.4, -0.2) is 75.2 Å². The summed E-state index contributed by atoms with van der Waals surface area (Å²) in [5, 5.41) is 19.3. The Morgan fingerprint density at radius 2 is 1.28 bits per heavy atom.